The van der Waals surface area contributed by atoms with Crippen LogP contribution in [0.25, 0.3) is 22.3 Å². The molecule has 3 rings (SSSR count). The van der Waals surface area contributed by atoms with Crippen LogP contribution in [0.3, 0.4) is 0 Å². The zero-order chi connectivity index (χ0) is 21.8. The Labute approximate surface area is 172 Å². The maximum atomic E-state index is 11.9. The standard InChI is InChI=1S/C22H22N2O6/c1-12-6-13(2)22-15(7-12)16(23-10-20(26)24-11-21(27)28)9-18(30-22)14-4-5-17(25)19(8-14)29-3/h4-9,25H,10-11H2,1-3H3,(H,24,26)(H,27,28)/p-1. The first-order chi connectivity index (χ1) is 14.3. The van der Waals surface area contributed by atoms with Gasteiger partial charge in [-0.1, -0.05) is 6.07 Å². The highest BCUT2D eigenvalue weighted by atomic mass is 16.5. The number of fused-ring (bicyclic) bond motifs is 1. The lowest BCUT2D eigenvalue weighted by Crippen LogP contribution is -2.38. The van der Waals surface area contributed by atoms with Crippen molar-refractivity contribution in [3.8, 4) is 22.8 Å². The molecule has 8 nitrogen and oxygen atoms in total. The minimum atomic E-state index is -1.37. The predicted octanol–water partition coefficient (Wildman–Crippen LogP) is 1.20. The molecule has 0 aliphatic carbocycles. The number of aliphatic carboxylic acids is 1. The van der Waals surface area contributed by atoms with E-state index in [1.54, 1.807) is 18.2 Å². The van der Waals surface area contributed by atoms with Gasteiger partial charge in [-0.25, -0.2) is 0 Å². The van der Waals surface area contributed by atoms with E-state index in [0.29, 0.717) is 28.0 Å². The number of nitrogens with zero attached hydrogens (tertiary/aromatic N) is 1. The van der Waals surface area contributed by atoms with Gasteiger partial charge in [0.15, 0.2) is 11.5 Å². The Kier molecular flexibility index (Phi) is 6.06. The Bertz CT molecular complexity index is 1200. The number of nitrogens with one attached hydrogen (secondary N) is 1. The summed E-state index contributed by atoms with van der Waals surface area (Å²) in [5.74, 6) is -1.14. The number of phenolic OH excluding ortho intramolecular Hbond substituents is 1. The molecule has 0 radical (unpaired) electrons. The van der Waals surface area contributed by atoms with Crippen LogP contribution in [-0.2, 0) is 9.59 Å². The number of aryl methyl sites for hydroxylation is 2. The van der Waals surface area contributed by atoms with Crippen LogP contribution in [0.5, 0.6) is 11.5 Å². The number of aromatic hydroxyl groups is 1. The zero-order valence-electron chi connectivity index (χ0n) is 16.8. The molecule has 0 saturated heterocycles. The second-order valence-corrected chi connectivity index (χ2v) is 6.81. The van der Waals surface area contributed by atoms with Crippen molar-refractivity contribution in [2.45, 2.75) is 13.8 Å². The Morgan fingerprint density at radius 3 is 2.67 bits per heavy atom. The van der Waals surface area contributed by atoms with Crippen LogP contribution < -0.4 is 20.5 Å². The fourth-order valence-electron chi connectivity index (χ4n) is 3.11. The van der Waals surface area contributed by atoms with Crippen LogP contribution in [0.1, 0.15) is 11.1 Å². The summed E-state index contributed by atoms with van der Waals surface area (Å²) in [5.41, 5.74) is 3.17. The van der Waals surface area contributed by atoms with Crippen LogP contribution >= 0.6 is 0 Å². The van der Waals surface area contributed by atoms with Crippen molar-refractivity contribution in [1.29, 1.82) is 0 Å². The Morgan fingerprint density at radius 1 is 1.20 bits per heavy atom. The van der Waals surface area contributed by atoms with E-state index in [1.165, 1.54) is 13.2 Å². The van der Waals surface area contributed by atoms with Gasteiger partial charge in [-0.15, -0.1) is 0 Å². The van der Waals surface area contributed by atoms with Gasteiger partial charge in [-0.2, -0.15) is 0 Å². The average Bonchev–Trinajstić information content (AvgIpc) is 2.71. The van der Waals surface area contributed by atoms with Crippen molar-refractivity contribution < 1.29 is 29.0 Å². The number of methoxy groups -OCH3 is 1. The number of ether oxygens (including phenoxy) is 1. The monoisotopic (exact) mass is 409 g/mol. The lowest BCUT2D eigenvalue weighted by molar-refractivity contribution is -0.304. The van der Waals surface area contributed by atoms with Gasteiger partial charge in [0, 0.05) is 17.0 Å². The lowest BCUT2D eigenvalue weighted by Gasteiger charge is -2.10. The largest absolute Gasteiger partial charge is 0.548 e. The van der Waals surface area contributed by atoms with Crippen molar-refractivity contribution >= 4 is 22.8 Å². The normalized spacial score (nSPS) is 11.5. The minimum absolute atomic E-state index is 0.00310. The van der Waals surface area contributed by atoms with E-state index < -0.39 is 18.4 Å². The topological polar surface area (TPSA) is 124 Å². The third kappa shape index (κ3) is 4.60. The molecule has 2 aromatic carbocycles. The van der Waals surface area contributed by atoms with Gasteiger partial charge in [0.05, 0.1) is 25.0 Å². The SMILES string of the molecule is COc1cc(-c2cc(=NCC(=O)NCC(=O)[O-])c3cc(C)cc(C)c3o2)ccc1O. The summed E-state index contributed by atoms with van der Waals surface area (Å²) in [6.45, 7) is 3.03. The van der Waals surface area contributed by atoms with E-state index >= 15 is 0 Å². The number of carboxylic acids is 1. The number of amides is 1. The third-order valence-corrected chi connectivity index (χ3v) is 4.46. The van der Waals surface area contributed by atoms with Gasteiger partial charge in [0.1, 0.15) is 17.9 Å². The first-order valence-electron chi connectivity index (χ1n) is 9.18. The Hall–Kier alpha value is -3.81. The lowest BCUT2D eigenvalue weighted by atomic mass is 10.1. The molecule has 1 amide bonds. The van der Waals surface area contributed by atoms with Gasteiger partial charge in [0.25, 0.3) is 0 Å². The Morgan fingerprint density at radius 2 is 1.97 bits per heavy atom. The molecule has 1 aromatic heterocycles. The molecule has 0 unspecified atom stereocenters. The van der Waals surface area contributed by atoms with Crippen molar-refractivity contribution in [2.24, 2.45) is 4.99 Å². The molecule has 30 heavy (non-hydrogen) atoms. The summed E-state index contributed by atoms with van der Waals surface area (Å²) in [5, 5.41) is 23.8. The molecule has 3 aromatic rings. The first-order valence-corrected chi connectivity index (χ1v) is 9.18. The van der Waals surface area contributed by atoms with Crippen molar-refractivity contribution in [1.82, 2.24) is 5.32 Å². The number of rotatable bonds is 6. The van der Waals surface area contributed by atoms with Gasteiger partial charge in [-0.3, -0.25) is 9.79 Å². The highest BCUT2D eigenvalue weighted by molar-refractivity contribution is 5.84. The molecule has 0 atom stereocenters. The second kappa shape index (κ2) is 8.69. The number of hydrogen-bond acceptors (Lipinski definition) is 7. The van der Waals surface area contributed by atoms with E-state index in [2.05, 4.69) is 10.3 Å². The van der Waals surface area contributed by atoms with Gasteiger partial charge < -0.3 is 29.5 Å². The number of carbonyl (C=O) groups is 2. The minimum Gasteiger partial charge on any atom is -0.548 e. The first kappa shape index (κ1) is 20.9. The van der Waals surface area contributed by atoms with Crippen molar-refractivity contribution in [2.75, 3.05) is 20.2 Å². The molecular weight excluding hydrogens is 388 g/mol. The van der Waals surface area contributed by atoms with Gasteiger partial charge in [0.2, 0.25) is 5.91 Å². The summed E-state index contributed by atoms with van der Waals surface area (Å²) in [7, 11) is 1.45. The molecule has 0 saturated carbocycles. The molecule has 1 heterocycles. The zero-order valence-corrected chi connectivity index (χ0v) is 16.8. The predicted molar refractivity (Wildman–Crippen MR) is 108 cm³/mol. The quantitative estimate of drug-likeness (QED) is 0.630. The molecule has 0 fully saturated rings. The maximum absolute atomic E-state index is 11.9. The van der Waals surface area contributed by atoms with Crippen LogP contribution in [0.15, 0.2) is 45.8 Å². The van der Waals surface area contributed by atoms with Crippen LogP contribution in [-0.4, -0.2) is 37.2 Å². The number of hydrogen-bond donors (Lipinski definition) is 2. The van der Waals surface area contributed by atoms with Crippen molar-refractivity contribution in [3.63, 3.8) is 0 Å². The number of benzene rings is 2. The highest BCUT2D eigenvalue weighted by Crippen LogP contribution is 2.32. The molecule has 0 spiro atoms. The number of carbonyl (C=O) groups excluding carboxylic acids is 2. The number of carboxylic acid groups (broad SMARTS) is 1. The molecule has 8 heteroatoms. The summed E-state index contributed by atoms with van der Waals surface area (Å²) in [4.78, 5) is 26.8. The van der Waals surface area contributed by atoms with Crippen LogP contribution in [0, 0.1) is 13.8 Å². The molecule has 0 bridgehead atoms. The van der Waals surface area contributed by atoms with Crippen molar-refractivity contribution in [3.05, 3.63) is 52.9 Å². The van der Waals surface area contributed by atoms with E-state index in [4.69, 9.17) is 9.15 Å². The highest BCUT2D eigenvalue weighted by Gasteiger charge is 2.12. The molecule has 0 aliphatic heterocycles. The fraction of sp³-hybridized carbons (Fsp3) is 0.227. The van der Waals surface area contributed by atoms with Crippen LogP contribution in [0.4, 0.5) is 0 Å². The van der Waals surface area contributed by atoms with E-state index in [0.717, 1.165) is 16.5 Å². The smallest absolute Gasteiger partial charge is 0.241 e. The van der Waals surface area contributed by atoms with E-state index in [-0.39, 0.29) is 12.3 Å². The summed E-state index contributed by atoms with van der Waals surface area (Å²) < 4.78 is 11.3. The van der Waals surface area contributed by atoms with Gasteiger partial charge >= 0.3 is 0 Å². The van der Waals surface area contributed by atoms with E-state index in [1.807, 2.05) is 26.0 Å². The summed E-state index contributed by atoms with van der Waals surface area (Å²) >= 11 is 0. The summed E-state index contributed by atoms with van der Waals surface area (Å²) in [6, 6.07) is 10.4. The van der Waals surface area contributed by atoms with Crippen LogP contribution in [0.2, 0.25) is 0 Å². The van der Waals surface area contributed by atoms with Gasteiger partial charge in [-0.05, 0) is 49.2 Å². The summed E-state index contributed by atoms with van der Waals surface area (Å²) in [6.07, 6.45) is 0. The molecule has 156 valence electrons. The number of phenols is 1. The molecule has 0 aliphatic rings. The molecular formula is C22H21N2O6-. The van der Waals surface area contributed by atoms with E-state index in [9.17, 15) is 19.8 Å². The maximum Gasteiger partial charge on any atom is 0.241 e. The Balaban J connectivity index is 2.13. The molecule has 2 N–H and O–H groups in total. The average molecular weight is 409 g/mol. The second-order valence-electron chi connectivity index (χ2n) is 6.81. The third-order valence-electron chi connectivity index (χ3n) is 4.46. The fourth-order valence-corrected chi connectivity index (χ4v) is 3.11.